The molecule has 3 rings (SSSR count). The van der Waals surface area contributed by atoms with Gasteiger partial charge in [-0.3, -0.25) is 4.79 Å². The van der Waals surface area contributed by atoms with E-state index < -0.39 is 30.0 Å². The molecule has 1 aliphatic heterocycles. The zero-order valence-corrected chi connectivity index (χ0v) is 16.6. The Morgan fingerprint density at radius 1 is 1.23 bits per heavy atom. The third-order valence-corrected chi connectivity index (χ3v) is 5.01. The summed E-state index contributed by atoms with van der Waals surface area (Å²) < 4.78 is 67.9. The molecule has 10 heteroatoms. The lowest BCUT2D eigenvalue weighted by molar-refractivity contribution is -0.138. The van der Waals surface area contributed by atoms with Crippen LogP contribution in [0.15, 0.2) is 30.3 Å². The number of nitriles is 1. The number of benzene rings is 1. The van der Waals surface area contributed by atoms with E-state index in [9.17, 15) is 26.7 Å². The van der Waals surface area contributed by atoms with Crippen molar-refractivity contribution < 1.29 is 26.7 Å². The first kappa shape index (κ1) is 22.5. The second kappa shape index (κ2) is 8.49. The fourth-order valence-corrected chi connectivity index (χ4v) is 3.43. The van der Waals surface area contributed by atoms with Crippen LogP contribution in [0.1, 0.15) is 46.4 Å². The standard InChI is InChI=1S/C21H19F5N4O/c1-13-17(21(24,25)26)11-16(19(31)29-15-5-2-4-14(10-15)12-27)18(28-13)30-8-3-6-20(22,23)7-9-30/h2,4-5,10-11H,3,6-9H2,1H3,(H,29,31). The molecule has 2 heterocycles. The molecule has 0 unspecified atom stereocenters. The highest BCUT2D eigenvalue weighted by Gasteiger charge is 2.37. The number of anilines is 2. The van der Waals surface area contributed by atoms with Crippen LogP contribution in [-0.4, -0.2) is 29.9 Å². The minimum atomic E-state index is -4.74. The van der Waals surface area contributed by atoms with E-state index in [0.717, 1.165) is 6.92 Å². The lowest BCUT2D eigenvalue weighted by atomic mass is 10.1. The van der Waals surface area contributed by atoms with Gasteiger partial charge in [-0.1, -0.05) is 6.07 Å². The summed E-state index contributed by atoms with van der Waals surface area (Å²) in [6, 6.07) is 8.48. The van der Waals surface area contributed by atoms with E-state index in [4.69, 9.17) is 5.26 Å². The Kier molecular flexibility index (Phi) is 6.15. The van der Waals surface area contributed by atoms with Crippen molar-refractivity contribution in [3.8, 4) is 6.07 Å². The van der Waals surface area contributed by atoms with Gasteiger partial charge in [0.2, 0.25) is 5.92 Å². The highest BCUT2D eigenvalue weighted by Crippen LogP contribution is 2.36. The van der Waals surface area contributed by atoms with Crippen LogP contribution in [-0.2, 0) is 6.18 Å². The molecular weight excluding hydrogens is 419 g/mol. The summed E-state index contributed by atoms with van der Waals surface area (Å²) in [5.74, 6) is -3.83. The smallest absolute Gasteiger partial charge is 0.356 e. The summed E-state index contributed by atoms with van der Waals surface area (Å²) in [4.78, 5) is 18.3. The van der Waals surface area contributed by atoms with Gasteiger partial charge in [-0.2, -0.15) is 18.4 Å². The summed E-state index contributed by atoms with van der Waals surface area (Å²) in [7, 11) is 0. The van der Waals surface area contributed by atoms with Crippen molar-refractivity contribution in [3.05, 3.63) is 52.7 Å². The van der Waals surface area contributed by atoms with Crippen LogP contribution in [0.3, 0.4) is 0 Å². The second-order valence-corrected chi connectivity index (χ2v) is 7.33. The largest absolute Gasteiger partial charge is 0.418 e. The number of halogens is 5. The number of aromatic nitrogens is 1. The average molecular weight is 438 g/mol. The maximum atomic E-state index is 13.8. The molecule has 0 bridgehead atoms. The Morgan fingerprint density at radius 3 is 2.65 bits per heavy atom. The van der Waals surface area contributed by atoms with E-state index in [0.29, 0.717) is 6.07 Å². The van der Waals surface area contributed by atoms with Crippen LogP contribution in [0.5, 0.6) is 0 Å². The molecule has 0 radical (unpaired) electrons. The summed E-state index contributed by atoms with van der Waals surface area (Å²) in [6.07, 6.45) is -5.46. The van der Waals surface area contributed by atoms with Crippen molar-refractivity contribution in [1.82, 2.24) is 4.98 Å². The number of amides is 1. The summed E-state index contributed by atoms with van der Waals surface area (Å²) in [5.41, 5.74) is -1.32. The quantitative estimate of drug-likeness (QED) is 0.673. The highest BCUT2D eigenvalue weighted by atomic mass is 19.4. The molecule has 0 aliphatic carbocycles. The van der Waals surface area contributed by atoms with E-state index in [1.807, 2.05) is 6.07 Å². The van der Waals surface area contributed by atoms with Crippen LogP contribution >= 0.6 is 0 Å². The van der Waals surface area contributed by atoms with Gasteiger partial charge in [-0.05, 0) is 37.6 Å². The summed E-state index contributed by atoms with van der Waals surface area (Å²) >= 11 is 0. The fourth-order valence-electron chi connectivity index (χ4n) is 3.43. The average Bonchev–Trinajstić information content (AvgIpc) is 2.87. The predicted molar refractivity (Wildman–Crippen MR) is 104 cm³/mol. The van der Waals surface area contributed by atoms with Gasteiger partial charge in [0.15, 0.2) is 0 Å². The second-order valence-electron chi connectivity index (χ2n) is 7.33. The zero-order valence-electron chi connectivity index (χ0n) is 16.6. The monoisotopic (exact) mass is 438 g/mol. The molecule has 0 spiro atoms. The van der Waals surface area contributed by atoms with E-state index in [-0.39, 0.29) is 54.3 Å². The number of carbonyl (C=O) groups excluding carboxylic acids is 1. The van der Waals surface area contributed by atoms with Crippen LogP contribution < -0.4 is 10.2 Å². The molecular formula is C21H19F5N4O. The van der Waals surface area contributed by atoms with Crippen LogP contribution in [0.2, 0.25) is 0 Å². The Labute approximate surface area is 175 Å². The fraction of sp³-hybridized carbons (Fsp3) is 0.381. The normalized spacial score (nSPS) is 16.4. The SMILES string of the molecule is Cc1nc(N2CCCC(F)(F)CC2)c(C(=O)Nc2cccc(C#N)c2)cc1C(F)(F)F. The van der Waals surface area contributed by atoms with Gasteiger partial charge < -0.3 is 10.2 Å². The number of nitrogens with zero attached hydrogens (tertiary/aromatic N) is 3. The molecule has 1 fully saturated rings. The third-order valence-electron chi connectivity index (χ3n) is 5.01. The number of rotatable bonds is 3. The van der Waals surface area contributed by atoms with Gasteiger partial charge in [0.25, 0.3) is 5.91 Å². The lowest BCUT2D eigenvalue weighted by Crippen LogP contribution is -2.30. The van der Waals surface area contributed by atoms with E-state index >= 15 is 0 Å². The molecule has 0 saturated carbocycles. The molecule has 164 valence electrons. The van der Waals surface area contributed by atoms with Crippen molar-refractivity contribution >= 4 is 17.4 Å². The number of aryl methyl sites for hydroxylation is 1. The Morgan fingerprint density at radius 2 is 1.97 bits per heavy atom. The number of alkyl halides is 5. The number of nitrogens with one attached hydrogen (secondary N) is 1. The molecule has 31 heavy (non-hydrogen) atoms. The summed E-state index contributed by atoms with van der Waals surface area (Å²) in [6.45, 7) is 1.16. The maximum absolute atomic E-state index is 13.8. The third kappa shape index (κ3) is 5.29. The number of carbonyl (C=O) groups is 1. The molecule has 0 atom stereocenters. The van der Waals surface area contributed by atoms with Gasteiger partial charge in [-0.25, -0.2) is 13.8 Å². The molecule has 1 N–H and O–H groups in total. The molecule has 5 nitrogen and oxygen atoms in total. The van der Waals surface area contributed by atoms with Crippen molar-refractivity contribution in [2.24, 2.45) is 0 Å². The predicted octanol–water partition coefficient (Wildman–Crippen LogP) is 5.16. The van der Waals surface area contributed by atoms with Crippen LogP contribution in [0.25, 0.3) is 0 Å². The molecule has 1 aromatic carbocycles. The van der Waals surface area contributed by atoms with E-state index in [1.165, 1.54) is 29.2 Å². The number of hydrogen-bond acceptors (Lipinski definition) is 4. The first-order chi connectivity index (χ1) is 14.5. The van der Waals surface area contributed by atoms with Gasteiger partial charge in [0, 0.05) is 31.6 Å². The zero-order chi connectivity index (χ0) is 22.8. The van der Waals surface area contributed by atoms with Crippen LogP contribution in [0.4, 0.5) is 33.5 Å². The Bertz CT molecular complexity index is 1030. The number of hydrogen-bond donors (Lipinski definition) is 1. The Balaban J connectivity index is 2.03. The van der Waals surface area contributed by atoms with Crippen LogP contribution in [0, 0.1) is 18.3 Å². The maximum Gasteiger partial charge on any atom is 0.418 e. The first-order valence-electron chi connectivity index (χ1n) is 9.53. The van der Waals surface area contributed by atoms with Crippen molar-refractivity contribution in [2.75, 3.05) is 23.3 Å². The minimum absolute atomic E-state index is 0.0721. The number of pyridine rings is 1. The summed E-state index contributed by atoms with van der Waals surface area (Å²) in [5, 5.41) is 11.5. The Hall–Kier alpha value is -3.22. The molecule has 1 aromatic heterocycles. The molecule has 1 aliphatic rings. The first-order valence-corrected chi connectivity index (χ1v) is 9.53. The van der Waals surface area contributed by atoms with Crippen molar-refractivity contribution in [1.29, 1.82) is 5.26 Å². The van der Waals surface area contributed by atoms with E-state index in [1.54, 1.807) is 0 Å². The van der Waals surface area contributed by atoms with Crippen molar-refractivity contribution in [3.63, 3.8) is 0 Å². The lowest BCUT2D eigenvalue weighted by Gasteiger charge is -2.25. The molecule has 1 saturated heterocycles. The van der Waals surface area contributed by atoms with Gasteiger partial charge >= 0.3 is 6.18 Å². The minimum Gasteiger partial charge on any atom is -0.356 e. The molecule has 1 amide bonds. The molecule has 2 aromatic rings. The van der Waals surface area contributed by atoms with Gasteiger partial charge in [-0.15, -0.1) is 0 Å². The topological polar surface area (TPSA) is 69.0 Å². The van der Waals surface area contributed by atoms with Gasteiger partial charge in [0.05, 0.1) is 28.5 Å². The highest BCUT2D eigenvalue weighted by molar-refractivity contribution is 6.07. The van der Waals surface area contributed by atoms with Gasteiger partial charge in [0.1, 0.15) is 5.82 Å². The van der Waals surface area contributed by atoms with E-state index in [2.05, 4.69) is 10.3 Å². The van der Waals surface area contributed by atoms with Crippen molar-refractivity contribution in [2.45, 2.75) is 38.3 Å².